The predicted molar refractivity (Wildman–Crippen MR) is 66.6 cm³/mol. The molecule has 1 atom stereocenters. The van der Waals surface area contributed by atoms with E-state index in [0.29, 0.717) is 12.6 Å². The van der Waals surface area contributed by atoms with E-state index in [1.165, 1.54) is 0 Å². The van der Waals surface area contributed by atoms with Crippen LogP contribution in [0, 0.1) is 11.6 Å². The molecule has 1 heterocycles. The Kier molecular flexibility index (Phi) is 5.43. The monoisotopic (exact) mass is 274 g/mol. The van der Waals surface area contributed by atoms with Crippen molar-refractivity contribution < 1.29 is 18.7 Å². The van der Waals surface area contributed by atoms with E-state index in [0.717, 1.165) is 6.42 Å². The molecule has 0 aliphatic rings. The summed E-state index contributed by atoms with van der Waals surface area (Å²) >= 11 is 0. The molecule has 0 aromatic carbocycles. The first-order valence-electron chi connectivity index (χ1n) is 5.76. The Balaban J connectivity index is 2.79. The molecule has 0 aliphatic heterocycles. The minimum absolute atomic E-state index is 0.0979. The highest BCUT2D eigenvalue weighted by atomic mass is 19.1. The van der Waals surface area contributed by atoms with Crippen molar-refractivity contribution in [3.8, 4) is 0 Å². The van der Waals surface area contributed by atoms with Crippen molar-refractivity contribution in [3.63, 3.8) is 0 Å². The third kappa shape index (κ3) is 4.32. The van der Waals surface area contributed by atoms with Crippen LogP contribution in [0.25, 0.3) is 0 Å². The lowest BCUT2D eigenvalue weighted by Crippen LogP contribution is -2.34. The number of halogens is 2. The molecular formula is C11H16F2N4O2. The van der Waals surface area contributed by atoms with Gasteiger partial charge in [0.15, 0.2) is 23.3 Å². The Labute approximate surface area is 109 Å². The number of carbonyl (C=O) groups excluding carboxylic acids is 1. The summed E-state index contributed by atoms with van der Waals surface area (Å²) in [6.45, 7) is 2.06. The van der Waals surface area contributed by atoms with Crippen LogP contribution in [0.5, 0.6) is 0 Å². The number of aromatic nitrogens is 1. The van der Waals surface area contributed by atoms with Crippen LogP contribution in [0.2, 0.25) is 0 Å². The average Bonchev–Trinajstić information content (AvgIpc) is 2.36. The second-order valence-electron chi connectivity index (χ2n) is 3.88. The van der Waals surface area contributed by atoms with Gasteiger partial charge in [-0.15, -0.1) is 0 Å². The lowest BCUT2D eigenvalue weighted by atomic mass is 10.3. The maximum absolute atomic E-state index is 13.4. The topological polar surface area (TPSA) is 100 Å². The summed E-state index contributed by atoms with van der Waals surface area (Å²) in [6, 6.07) is 0.671. The molecule has 1 unspecified atom stereocenters. The van der Waals surface area contributed by atoms with Crippen LogP contribution in [0.15, 0.2) is 6.07 Å². The van der Waals surface area contributed by atoms with Crippen molar-refractivity contribution in [1.29, 1.82) is 0 Å². The molecule has 0 bridgehead atoms. The van der Waals surface area contributed by atoms with Gasteiger partial charge in [0, 0.05) is 12.6 Å². The third-order valence-electron chi connectivity index (χ3n) is 2.26. The molecule has 1 rings (SSSR count). The van der Waals surface area contributed by atoms with E-state index in [-0.39, 0.29) is 18.2 Å². The average molecular weight is 274 g/mol. The molecular weight excluding hydrogens is 258 g/mol. The van der Waals surface area contributed by atoms with E-state index < -0.39 is 23.6 Å². The number of rotatable bonds is 7. The second-order valence-corrected chi connectivity index (χ2v) is 3.88. The molecule has 1 aromatic rings. The van der Waals surface area contributed by atoms with Crippen molar-refractivity contribution in [1.82, 2.24) is 4.98 Å². The molecule has 0 aliphatic carbocycles. The zero-order valence-electron chi connectivity index (χ0n) is 10.4. The molecule has 8 heteroatoms. The maximum atomic E-state index is 13.4. The Morgan fingerprint density at radius 3 is 2.53 bits per heavy atom. The Morgan fingerprint density at radius 2 is 2.00 bits per heavy atom. The summed E-state index contributed by atoms with van der Waals surface area (Å²) in [7, 11) is 0. The van der Waals surface area contributed by atoms with Crippen molar-refractivity contribution in [2.45, 2.75) is 19.4 Å². The van der Waals surface area contributed by atoms with E-state index in [1.54, 1.807) is 0 Å². The number of anilines is 2. The minimum atomic E-state index is -1.47. The first-order valence-corrected chi connectivity index (χ1v) is 5.76. The van der Waals surface area contributed by atoms with Crippen molar-refractivity contribution >= 4 is 17.5 Å². The normalized spacial score (nSPS) is 12.0. The summed E-state index contributed by atoms with van der Waals surface area (Å²) in [6.07, 6.45) is -0.722. The number of nitrogens with one attached hydrogen (secondary N) is 2. The third-order valence-corrected chi connectivity index (χ3v) is 2.26. The zero-order valence-corrected chi connectivity index (χ0v) is 10.4. The van der Waals surface area contributed by atoms with Gasteiger partial charge in [-0.05, 0) is 6.42 Å². The first-order chi connectivity index (χ1) is 8.95. The molecule has 1 aromatic heterocycles. The highest BCUT2D eigenvalue weighted by Crippen LogP contribution is 2.18. The first kappa shape index (κ1) is 15.1. The van der Waals surface area contributed by atoms with Crippen molar-refractivity contribution in [3.05, 3.63) is 17.7 Å². The Bertz CT molecular complexity index is 457. The van der Waals surface area contributed by atoms with Gasteiger partial charge in [0.25, 0.3) is 0 Å². The second kappa shape index (κ2) is 6.83. The Hall–Kier alpha value is -1.96. The van der Waals surface area contributed by atoms with Crippen LogP contribution in [-0.2, 0) is 4.79 Å². The molecule has 5 N–H and O–H groups in total. The van der Waals surface area contributed by atoms with Crippen molar-refractivity contribution in [2.24, 2.45) is 5.73 Å². The number of aliphatic hydroxyl groups excluding tert-OH is 1. The van der Waals surface area contributed by atoms with Gasteiger partial charge in [0.1, 0.15) is 6.10 Å². The number of hydrogen-bond donors (Lipinski definition) is 4. The molecule has 19 heavy (non-hydrogen) atoms. The fourth-order valence-electron chi connectivity index (χ4n) is 1.25. The van der Waals surface area contributed by atoms with Gasteiger partial charge in [-0.25, -0.2) is 13.8 Å². The summed E-state index contributed by atoms with van der Waals surface area (Å²) in [5.74, 6) is -3.04. The summed E-state index contributed by atoms with van der Waals surface area (Å²) in [5.41, 5.74) is 4.84. The number of pyridine rings is 1. The Morgan fingerprint density at radius 1 is 1.42 bits per heavy atom. The number of primary amides is 1. The molecule has 1 amide bonds. The fraction of sp³-hybridized carbons (Fsp3) is 0.455. The zero-order chi connectivity index (χ0) is 14.4. The SMILES string of the molecule is CCCNc1nc(NCC(O)C(N)=O)c(F)cc1F. The van der Waals surface area contributed by atoms with Crippen molar-refractivity contribution in [2.75, 3.05) is 23.7 Å². The minimum Gasteiger partial charge on any atom is -0.381 e. The molecule has 0 radical (unpaired) electrons. The largest absolute Gasteiger partial charge is 0.381 e. The number of nitrogens with two attached hydrogens (primary N) is 1. The van der Waals surface area contributed by atoms with Crippen LogP contribution in [0.3, 0.4) is 0 Å². The van der Waals surface area contributed by atoms with E-state index >= 15 is 0 Å². The standard InChI is InChI=1S/C11H16F2N4O2/c1-2-3-15-10-6(12)4-7(13)11(17-10)16-5-8(18)9(14)19/h4,8,18H,2-3,5H2,1H3,(H2,14,19)(H2,15,16,17). The van der Waals surface area contributed by atoms with E-state index in [2.05, 4.69) is 15.6 Å². The van der Waals surface area contributed by atoms with Crippen LogP contribution in [-0.4, -0.2) is 35.2 Å². The molecule has 0 spiro atoms. The summed E-state index contributed by atoms with van der Waals surface area (Å²) in [4.78, 5) is 14.3. The molecule has 6 nitrogen and oxygen atoms in total. The van der Waals surface area contributed by atoms with E-state index in [9.17, 15) is 13.6 Å². The fourth-order valence-corrected chi connectivity index (χ4v) is 1.25. The van der Waals surface area contributed by atoms with Crippen LogP contribution >= 0.6 is 0 Å². The van der Waals surface area contributed by atoms with Gasteiger partial charge >= 0.3 is 0 Å². The number of nitrogens with zero attached hydrogens (tertiary/aromatic N) is 1. The maximum Gasteiger partial charge on any atom is 0.248 e. The smallest absolute Gasteiger partial charge is 0.248 e. The van der Waals surface area contributed by atoms with Gasteiger partial charge in [-0.1, -0.05) is 6.92 Å². The van der Waals surface area contributed by atoms with E-state index in [1.807, 2.05) is 6.92 Å². The number of hydrogen-bond acceptors (Lipinski definition) is 5. The predicted octanol–water partition coefficient (Wildman–Crippen LogP) is 0.440. The number of carbonyl (C=O) groups is 1. The van der Waals surface area contributed by atoms with Gasteiger partial charge < -0.3 is 21.5 Å². The highest BCUT2D eigenvalue weighted by molar-refractivity contribution is 5.79. The van der Waals surface area contributed by atoms with Crippen LogP contribution in [0.1, 0.15) is 13.3 Å². The molecule has 0 saturated carbocycles. The van der Waals surface area contributed by atoms with E-state index in [4.69, 9.17) is 10.8 Å². The van der Waals surface area contributed by atoms with Gasteiger partial charge in [0.05, 0.1) is 6.54 Å². The van der Waals surface area contributed by atoms with Crippen LogP contribution in [0.4, 0.5) is 20.4 Å². The van der Waals surface area contributed by atoms with Crippen LogP contribution < -0.4 is 16.4 Å². The number of aliphatic hydroxyl groups is 1. The lowest BCUT2D eigenvalue weighted by Gasteiger charge is -2.12. The summed E-state index contributed by atoms with van der Waals surface area (Å²) < 4.78 is 26.8. The lowest BCUT2D eigenvalue weighted by molar-refractivity contribution is -0.125. The molecule has 106 valence electrons. The molecule has 0 saturated heterocycles. The van der Waals surface area contributed by atoms with Gasteiger partial charge in [-0.3, -0.25) is 4.79 Å². The summed E-state index contributed by atoms with van der Waals surface area (Å²) in [5, 5.41) is 14.3. The highest BCUT2D eigenvalue weighted by Gasteiger charge is 2.15. The molecule has 0 fully saturated rings. The van der Waals surface area contributed by atoms with Gasteiger partial charge in [0.2, 0.25) is 5.91 Å². The number of amides is 1. The van der Waals surface area contributed by atoms with Gasteiger partial charge in [-0.2, -0.15) is 0 Å². The quantitative estimate of drug-likeness (QED) is 0.578.